The van der Waals surface area contributed by atoms with Crippen LogP contribution < -0.4 is 5.32 Å². The molecule has 1 atom stereocenters. The van der Waals surface area contributed by atoms with E-state index in [1.165, 1.54) is 0 Å². The zero-order chi connectivity index (χ0) is 11.4. The van der Waals surface area contributed by atoms with Crippen molar-refractivity contribution in [3.63, 3.8) is 0 Å². The summed E-state index contributed by atoms with van der Waals surface area (Å²) in [5.74, 6) is 0.538. The number of benzene rings is 1. The fourth-order valence-electron chi connectivity index (χ4n) is 1.17. The molecule has 1 N–H and O–H groups in total. The quantitative estimate of drug-likeness (QED) is 0.904. The second-order valence-corrected chi connectivity index (χ2v) is 4.81. The molecule has 0 bridgehead atoms. The molecule has 80 valence electrons. The molecule has 0 saturated carbocycles. The number of anilines is 1. The molecule has 0 aliphatic carbocycles. The lowest BCUT2D eigenvalue weighted by Gasteiger charge is -2.19. The molecule has 0 aliphatic rings. The largest absolute Gasteiger partial charge is 0.381 e. The second kappa shape index (κ2) is 5.18. The van der Waals surface area contributed by atoms with Crippen LogP contribution >= 0.6 is 15.9 Å². The molecular formula is C12H15BrN2. The lowest BCUT2D eigenvalue weighted by Crippen LogP contribution is -2.22. The van der Waals surface area contributed by atoms with Gasteiger partial charge in [-0.15, -0.1) is 0 Å². The highest BCUT2D eigenvalue weighted by Crippen LogP contribution is 2.25. The molecule has 0 aliphatic heterocycles. The molecule has 1 aromatic carbocycles. The third-order valence-electron chi connectivity index (χ3n) is 2.51. The van der Waals surface area contributed by atoms with Gasteiger partial charge in [-0.1, -0.05) is 19.9 Å². The summed E-state index contributed by atoms with van der Waals surface area (Å²) in [5.41, 5.74) is 1.57. The van der Waals surface area contributed by atoms with Crippen LogP contribution in [0.3, 0.4) is 0 Å². The van der Waals surface area contributed by atoms with E-state index < -0.39 is 0 Å². The Hall–Kier alpha value is -1.01. The van der Waals surface area contributed by atoms with E-state index in [0.29, 0.717) is 17.5 Å². The molecule has 0 amide bonds. The summed E-state index contributed by atoms with van der Waals surface area (Å²) in [6, 6.07) is 8.29. The van der Waals surface area contributed by atoms with Gasteiger partial charge in [-0.05, 0) is 40.9 Å². The highest BCUT2D eigenvalue weighted by atomic mass is 79.9. The van der Waals surface area contributed by atoms with Crippen LogP contribution in [0.2, 0.25) is 0 Å². The van der Waals surface area contributed by atoms with Gasteiger partial charge in [-0.25, -0.2) is 0 Å². The molecule has 0 aromatic heterocycles. The molecule has 1 rings (SSSR count). The number of hydrogen-bond acceptors (Lipinski definition) is 2. The summed E-state index contributed by atoms with van der Waals surface area (Å²) in [4.78, 5) is 0. The van der Waals surface area contributed by atoms with Crippen molar-refractivity contribution in [3.05, 3.63) is 28.2 Å². The Morgan fingerprint density at radius 1 is 1.33 bits per heavy atom. The first kappa shape index (κ1) is 12.1. The van der Waals surface area contributed by atoms with Crippen LogP contribution in [-0.2, 0) is 0 Å². The number of nitrogens with one attached hydrogen (secondary N) is 1. The fourth-order valence-corrected chi connectivity index (χ4v) is 1.62. The number of nitriles is 1. The van der Waals surface area contributed by atoms with Crippen LogP contribution in [0.5, 0.6) is 0 Å². The molecule has 3 heteroatoms. The lowest BCUT2D eigenvalue weighted by atomic mass is 10.1. The Balaban J connectivity index is 2.96. The fraction of sp³-hybridized carbons (Fsp3) is 0.417. The minimum atomic E-state index is 0.353. The van der Waals surface area contributed by atoms with Crippen LogP contribution in [0.1, 0.15) is 26.3 Å². The number of halogens is 1. The standard InChI is InChI=1S/C12H15BrN2/c1-8(2)9(3)15-12-6-4-5-11(13)10(12)7-14/h4-6,8-9,15H,1-3H3. The number of hydrogen-bond donors (Lipinski definition) is 1. The maximum absolute atomic E-state index is 9.03. The molecule has 0 spiro atoms. The first-order chi connectivity index (χ1) is 7.06. The van der Waals surface area contributed by atoms with E-state index in [4.69, 9.17) is 5.26 Å². The van der Waals surface area contributed by atoms with Gasteiger partial charge in [0.15, 0.2) is 0 Å². The molecule has 15 heavy (non-hydrogen) atoms. The smallest absolute Gasteiger partial charge is 0.103 e. The summed E-state index contributed by atoms with van der Waals surface area (Å²) in [5, 5.41) is 12.4. The summed E-state index contributed by atoms with van der Waals surface area (Å²) >= 11 is 3.37. The van der Waals surface area contributed by atoms with Gasteiger partial charge in [0.05, 0.1) is 11.3 Å². The summed E-state index contributed by atoms with van der Waals surface area (Å²) in [7, 11) is 0. The first-order valence-electron chi connectivity index (χ1n) is 5.01. The monoisotopic (exact) mass is 266 g/mol. The van der Waals surface area contributed by atoms with E-state index in [0.717, 1.165) is 10.2 Å². The summed E-state index contributed by atoms with van der Waals surface area (Å²) in [6.07, 6.45) is 0. The van der Waals surface area contributed by atoms with Crippen molar-refractivity contribution in [1.82, 2.24) is 0 Å². The van der Waals surface area contributed by atoms with Gasteiger partial charge in [0.1, 0.15) is 6.07 Å². The van der Waals surface area contributed by atoms with Crippen LogP contribution in [0.15, 0.2) is 22.7 Å². The Labute approximate surface area is 99.4 Å². The van der Waals surface area contributed by atoms with Gasteiger partial charge in [0.2, 0.25) is 0 Å². The molecular weight excluding hydrogens is 252 g/mol. The van der Waals surface area contributed by atoms with Crippen LogP contribution in [0.4, 0.5) is 5.69 Å². The van der Waals surface area contributed by atoms with Crippen molar-refractivity contribution < 1.29 is 0 Å². The minimum absolute atomic E-state index is 0.353. The van der Waals surface area contributed by atoms with E-state index in [1.807, 2.05) is 18.2 Å². The number of rotatable bonds is 3. The predicted molar refractivity (Wildman–Crippen MR) is 66.8 cm³/mol. The van der Waals surface area contributed by atoms with Crippen LogP contribution in [0, 0.1) is 17.2 Å². The Morgan fingerprint density at radius 3 is 2.53 bits per heavy atom. The van der Waals surface area contributed by atoms with Gasteiger partial charge >= 0.3 is 0 Å². The second-order valence-electron chi connectivity index (χ2n) is 3.95. The molecule has 1 aromatic rings. The summed E-state index contributed by atoms with van der Waals surface area (Å²) in [6.45, 7) is 6.43. The Morgan fingerprint density at radius 2 is 2.00 bits per heavy atom. The van der Waals surface area contributed by atoms with Crippen molar-refractivity contribution in [2.24, 2.45) is 5.92 Å². The third-order valence-corrected chi connectivity index (χ3v) is 3.17. The van der Waals surface area contributed by atoms with E-state index in [2.05, 4.69) is 48.1 Å². The highest BCUT2D eigenvalue weighted by molar-refractivity contribution is 9.10. The predicted octanol–water partition coefficient (Wildman–Crippen LogP) is 3.78. The number of nitrogens with zero attached hydrogens (tertiary/aromatic N) is 1. The third kappa shape index (κ3) is 2.97. The maximum atomic E-state index is 9.03. The van der Waals surface area contributed by atoms with E-state index >= 15 is 0 Å². The van der Waals surface area contributed by atoms with Crippen LogP contribution in [-0.4, -0.2) is 6.04 Å². The van der Waals surface area contributed by atoms with E-state index in [1.54, 1.807) is 0 Å². The van der Waals surface area contributed by atoms with E-state index in [-0.39, 0.29) is 0 Å². The first-order valence-corrected chi connectivity index (χ1v) is 5.80. The molecule has 2 nitrogen and oxygen atoms in total. The zero-order valence-corrected chi connectivity index (χ0v) is 10.8. The van der Waals surface area contributed by atoms with Gasteiger partial charge in [-0.3, -0.25) is 0 Å². The zero-order valence-electron chi connectivity index (χ0n) is 9.21. The molecule has 0 fully saturated rings. The van der Waals surface area contributed by atoms with Crippen LogP contribution in [0.25, 0.3) is 0 Å². The van der Waals surface area contributed by atoms with Crippen molar-refractivity contribution >= 4 is 21.6 Å². The summed E-state index contributed by atoms with van der Waals surface area (Å²) < 4.78 is 0.839. The van der Waals surface area contributed by atoms with Crippen molar-refractivity contribution in [1.29, 1.82) is 5.26 Å². The van der Waals surface area contributed by atoms with Gasteiger partial charge in [0.25, 0.3) is 0 Å². The topological polar surface area (TPSA) is 35.8 Å². The maximum Gasteiger partial charge on any atom is 0.103 e. The van der Waals surface area contributed by atoms with Crippen molar-refractivity contribution in [2.45, 2.75) is 26.8 Å². The molecule has 0 saturated heterocycles. The molecule has 0 radical (unpaired) electrons. The lowest BCUT2D eigenvalue weighted by molar-refractivity contribution is 0.560. The highest BCUT2D eigenvalue weighted by Gasteiger charge is 2.10. The van der Waals surface area contributed by atoms with Crippen molar-refractivity contribution in [3.8, 4) is 6.07 Å². The molecule has 0 heterocycles. The van der Waals surface area contributed by atoms with Gasteiger partial charge < -0.3 is 5.32 Å². The molecule has 1 unspecified atom stereocenters. The SMILES string of the molecule is CC(C)C(C)Nc1cccc(Br)c1C#N. The van der Waals surface area contributed by atoms with E-state index in [9.17, 15) is 0 Å². The normalized spacial score (nSPS) is 12.3. The van der Waals surface area contributed by atoms with Gasteiger partial charge in [0, 0.05) is 10.5 Å². The Bertz CT molecular complexity index is 380. The van der Waals surface area contributed by atoms with Crippen molar-refractivity contribution in [2.75, 3.05) is 5.32 Å². The minimum Gasteiger partial charge on any atom is -0.381 e. The average Bonchev–Trinajstić information content (AvgIpc) is 2.18. The van der Waals surface area contributed by atoms with Gasteiger partial charge in [-0.2, -0.15) is 5.26 Å². The Kier molecular flexibility index (Phi) is 4.16. The average molecular weight is 267 g/mol.